The highest BCUT2D eigenvalue weighted by Crippen LogP contribution is 2.22. The van der Waals surface area contributed by atoms with E-state index in [1.54, 1.807) is 29.2 Å². The molecule has 1 atom stereocenters. The summed E-state index contributed by atoms with van der Waals surface area (Å²) in [6.45, 7) is 0.976. The van der Waals surface area contributed by atoms with Gasteiger partial charge in [-0.15, -0.1) is 0 Å². The fourth-order valence-electron chi connectivity index (χ4n) is 2.56. The predicted octanol–water partition coefficient (Wildman–Crippen LogP) is 1.64. The molecule has 1 aliphatic rings. The lowest BCUT2D eigenvalue weighted by Crippen LogP contribution is -2.41. The number of methoxy groups -OCH3 is 1. The van der Waals surface area contributed by atoms with Crippen LogP contribution >= 0.6 is 0 Å². The number of likely N-dealkylation sites (tertiary alicyclic amines) is 1. The van der Waals surface area contributed by atoms with Crippen LogP contribution in [0.15, 0.2) is 30.3 Å². The number of piperidine rings is 1. The van der Waals surface area contributed by atoms with Crippen molar-refractivity contribution in [1.29, 1.82) is 0 Å². The number of alkyl carbamates (subject to hydrolysis) is 1. The number of ether oxygens (including phenoxy) is 2. The lowest BCUT2D eigenvalue weighted by molar-refractivity contribution is -0.160. The molecule has 1 fully saturated rings. The Kier molecular flexibility index (Phi) is 6.60. The molecule has 0 unspecified atom stereocenters. The van der Waals surface area contributed by atoms with Gasteiger partial charge in [-0.3, -0.25) is 9.59 Å². The number of nitrogens with zero attached hydrogens (tertiary/aromatic N) is 1. The van der Waals surface area contributed by atoms with Gasteiger partial charge in [-0.2, -0.15) is 0 Å². The number of nitrogens with one attached hydrogen (secondary N) is 1. The molecular formula is C17H22N2O5. The van der Waals surface area contributed by atoms with E-state index in [2.05, 4.69) is 10.1 Å². The zero-order chi connectivity index (χ0) is 17.4. The second kappa shape index (κ2) is 8.90. The molecule has 0 radical (unpaired) electrons. The van der Waals surface area contributed by atoms with Crippen molar-refractivity contribution in [1.82, 2.24) is 10.2 Å². The average Bonchev–Trinajstić information content (AvgIpc) is 2.65. The van der Waals surface area contributed by atoms with Crippen molar-refractivity contribution in [3.63, 3.8) is 0 Å². The molecule has 2 rings (SSSR count). The summed E-state index contributed by atoms with van der Waals surface area (Å²) in [7, 11) is 1.20. The normalized spacial score (nSPS) is 15.3. The van der Waals surface area contributed by atoms with Gasteiger partial charge in [0.2, 0.25) is 6.10 Å². The quantitative estimate of drug-likeness (QED) is 0.828. The summed E-state index contributed by atoms with van der Waals surface area (Å²) >= 11 is 0. The molecule has 0 aliphatic carbocycles. The molecule has 2 amide bonds. The second-order valence-electron chi connectivity index (χ2n) is 5.51. The van der Waals surface area contributed by atoms with Crippen LogP contribution in [0.3, 0.4) is 0 Å². The van der Waals surface area contributed by atoms with Crippen LogP contribution in [-0.4, -0.2) is 49.6 Å². The number of benzene rings is 1. The Labute approximate surface area is 140 Å². The van der Waals surface area contributed by atoms with Crippen molar-refractivity contribution in [2.24, 2.45) is 0 Å². The summed E-state index contributed by atoms with van der Waals surface area (Å²) in [5, 5.41) is 2.25. The standard InChI is InChI=1S/C17H22N2O5/c1-23-17(22)18-12-14(20)24-15(13-8-4-2-5-9-13)16(21)19-10-6-3-7-11-19/h2,4-5,8-9,15H,3,6-7,10-12H2,1H3,(H,18,22)/t15-/m0/s1. The van der Waals surface area contributed by atoms with Gasteiger partial charge in [0.15, 0.2) is 0 Å². The van der Waals surface area contributed by atoms with Crippen LogP contribution in [0, 0.1) is 0 Å². The Morgan fingerprint density at radius 3 is 2.42 bits per heavy atom. The van der Waals surface area contributed by atoms with Gasteiger partial charge in [-0.25, -0.2) is 4.79 Å². The maximum atomic E-state index is 12.8. The lowest BCUT2D eigenvalue weighted by Gasteiger charge is -2.30. The zero-order valence-corrected chi connectivity index (χ0v) is 13.7. The number of esters is 1. The van der Waals surface area contributed by atoms with Gasteiger partial charge in [0.05, 0.1) is 7.11 Å². The van der Waals surface area contributed by atoms with E-state index in [1.807, 2.05) is 6.07 Å². The minimum atomic E-state index is -1.00. The zero-order valence-electron chi connectivity index (χ0n) is 13.7. The molecule has 24 heavy (non-hydrogen) atoms. The first-order chi connectivity index (χ1) is 11.6. The van der Waals surface area contributed by atoms with Gasteiger partial charge in [0.25, 0.3) is 5.91 Å². The molecule has 7 nitrogen and oxygen atoms in total. The van der Waals surface area contributed by atoms with E-state index in [4.69, 9.17) is 4.74 Å². The Balaban J connectivity index is 2.07. The molecule has 1 heterocycles. The number of carbonyl (C=O) groups is 3. The van der Waals surface area contributed by atoms with E-state index in [9.17, 15) is 14.4 Å². The van der Waals surface area contributed by atoms with E-state index in [0.29, 0.717) is 18.7 Å². The van der Waals surface area contributed by atoms with Crippen LogP contribution in [0.5, 0.6) is 0 Å². The Hall–Kier alpha value is -2.57. The van der Waals surface area contributed by atoms with Gasteiger partial charge >= 0.3 is 12.1 Å². The SMILES string of the molecule is COC(=O)NCC(=O)O[C@H](C(=O)N1CCCCC1)c1ccccc1. The number of carbonyl (C=O) groups excluding carboxylic acids is 3. The number of rotatable bonds is 5. The molecule has 0 bridgehead atoms. The Morgan fingerprint density at radius 2 is 1.79 bits per heavy atom. The van der Waals surface area contributed by atoms with Crippen molar-refractivity contribution < 1.29 is 23.9 Å². The molecular weight excluding hydrogens is 312 g/mol. The summed E-state index contributed by atoms with van der Waals surface area (Å²) in [5.41, 5.74) is 0.611. The molecule has 0 saturated carbocycles. The minimum absolute atomic E-state index is 0.229. The molecule has 1 aromatic rings. The summed E-state index contributed by atoms with van der Waals surface area (Å²) in [6.07, 6.45) is 1.26. The van der Waals surface area contributed by atoms with E-state index >= 15 is 0 Å². The third-order valence-electron chi connectivity index (χ3n) is 3.81. The van der Waals surface area contributed by atoms with Crippen molar-refractivity contribution in [2.75, 3.05) is 26.7 Å². The molecule has 0 aromatic heterocycles. The van der Waals surface area contributed by atoms with Crippen molar-refractivity contribution in [2.45, 2.75) is 25.4 Å². The average molecular weight is 334 g/mol. The van der Waals surface area contributed by atoms with Gasteiger partial charge < -0.3 is 19.7 Å². The highest BCUT2D eigenvalue weighted by molar-refractivity contribution is 5.86. The highest BCUT2D eigenvalue weighted by Gasteiger charge is 2.30. The van der Waals surface area contributed by atoms with Crippen LogP contribution in [0.25, 0.3) is 0 Å². The number of amides is 2. The van der Waals surface area contributed by atoms with Gasteiger partial charge in [0, 0.05) is 18.7 Å². The summed E-state index contributed by atoms with van der Waals surface area (Å²) in [6, 6.07) is 8.88. The first-order valence-corrected chi connectivity index (χ1v) is 7.97. The molecule has 0 spiro atoms. The summed E-state index contributed by atoms with van der Waals surface area (Å²) < 4.78 is 9.75. The van der Waals surface area contributed by atoms with Crippen molar-refractivity contribution >= 4 is 18.0 Å². The second-order valence-corrected chi connectivity index (χ2v) is 5.51. The van der Waals surface area contributed by atoms with Crippen LogP contribution in [-0.2, 0) is 19.1 Å². The van der Waals surface area contributed by atoms with Crippen LogP contribution in [0.4, 0.5) is 4.79 Å². The first kappa shape index (κ1) is 17.8. The van der Waals surface area contributed by atoms with Crippen LogP contribution in [0.2, 0.25) is 0 Å². The number of hydrogen-bond acceptors (Lipinski definition) is 5. The molecule has 1 aliphatic heterocycles. The van der Waals surface area contributed by atoms with E-state index < -0.39 is 18.2 Å². The van der Waals surface area contributed by atoms with E-state index in [0.717, 1.165) is 19.3 Å². The summed E-state index contributed by atoms with van der Waals surface area (Å²) in [5.74, 6) is -0.924. The molecule has 130 valence electrons. The highest BCUT2D eigenvalue weighted by atomic mass is 16.6. The predicted molar refractivity (Wildman–Crippen MR) is 86.1 cm³/mol. The Bertz CT molecular complexity index is 570. The van der Waals surface area contributed by atoms with Crippen molar-refractivity contribution in [3.8, 4) is 0 Å². The van der Waals surface area contributed by atoms with Crippen LogP contribution < -0.4 is 5.32 Å². The maximum absolute atomic E-state index is 12.8. The van der Waals surface area contributed by atoms with Crippen molar-refractivity contribution in [3.05, 3.63) is 35.9 Å². The van der Waals surface area contributed by atoms with Gasteiger partial charge in [-0.05, 0) is 19.3 Å². The molecule has 1 aromatic carbocycles. The fourth-order valence-corrected chi connectivity index (χ4v) is 2.56. The minimum Gasteiger partial charge on any atom is -0.453 e. The lowest BCUT2D eigenvalue weighted by atomic mass is 10.1. The van der Waals surface area contributed by atoms with E-state index in [-0.39, 0.29) is 12.5 Å². The monoisotopic (exact) mass is 334 g/mol. The van der Waals surface area contributed by atoms with Gasteiger partial charge in [-0.1, -0.05) is 30.3 Å². The maximum Gasteiger partial charge on any atom is 0.407 e. The van der Waals surface area contributed by atoms with Gasteiger partial charge in [0.1, 0.15) is 6.54 Å². The number of hydrogen-bond donors (Lipinski definition) is 1. The molecule has 7 heteroatoms. The molecule has 1 saturated heterocycles. The Morgan fingerprint density at radius 1 is 1.12 bits per heavy atom. The fraction of sp³-hybridized carbons (Fsp3) is 0.471. The third kappa shape index (κ3) is 4.97. The smallest absolute Gasteiger partial charge is 0.407 e. The first-order valence-electron chi connectivity index (χ1n) is 7.97. The summed E-state index contributed by atoms with van der Waals surface area (Å²) in [4.78, 5) is 37.5. The van der Waals surface area contributed by atoms with Crippen LogP contribution in [0.1, 0.15) is 30.9 Å². The van der Waals surface area contributed by atoms with E-state index in [1.165, 1.54) is 7.11 Å². The third-order valence-corrected chi connectivity index (χ3v) is 3.81. The largest absolute Gasteiger partial charge is 0.453 e. The molecule has 1 N–H and O–H groups in total. The topological polar surface area (TPSA) is 84.9 Å².